The Bertz CT molecular complexity index is 1400. The number of carbonyl (C=O) groups excluding carboxylic acids is 2. The molecule has 0 aliphatic rings. The number of carbonyl (C=O) groups is 2. The number of alkyl halides is 3. The minimum Gasteiger partial charge on any atom is -0.495 e. The van der Waals surface area contributed by atoms with Crippen molar-refractivity contribution < 1.29 is 32.2 Å². The van der Waals surface area contributed by atoms with Crippen molar-refractivity contribution in [3.05, 3.63) is 114 Å². The van der Waals surface area contributed by atoms with Crippen LogP contribution in [0.25, 0.3) is 0 Å². The van der Waals surface area contributed by atoms with Gasteiger partial charge in [0.1, 0.15) is 22.9 Å². The Morgan fingerprint density at radius 3 is 2.38 bits per heavy atom. The lowest BCUT2D eigenvalue weighted by atomic mass is 10.1. The standard InChI is InChI=1S/C22H18F3N3O4.C8H12/c1-26-21(30)18-12-16(8-9-27-18)32-15-5-3-4-13(10-15)20(29)28-17-11-14(22(23,24)25)6-7-19(17)31-2;1-4-6-8(3)7-5-2/h3-12H,1-2H3,(H,26,30)(H,28,29);4-7H,1H2,2-3H3/b;7-5-,8-6-. The van der Waals surface area contributed by atoms with E-state index in [-0.39, 0.29) is 28.4 Å². The molecule has 0 radical (unpaired) electrons. The predicted molar refractivity (Wildman–Crippen MR) is 149 cm³/mol. The number of nitrogens with zero attached hydrogens (tertiary/aromatic N) is 1. The van der Waals surface area contributed by atoms with Crippen molar-refractivity contribution >= 4 is 17.5 Å². The van der Waals surface area contributed by atoms with Gasteiger partial charge in [-0.25, -0.2) is 0 Å². The van der Waals surface area contributed by atoms with Crippen LogP contribution in [0.3, 0.4) is 0 Å². The molecular weight excluding hydrogens is 523 g/mol. The molecule has 10 heteroatoms. The van der Waals surface area contributed by atoms with Gasteiger partial charge >= 0.3 is 6.18 Å². The van der Waals surface area contributed by atoms with E-state index in [1.807, 2.05) is 32.1 Å². The summed E-state index contributed by atoms with van der Waals surface area (Å²) in [5.41, 5.74) is 0.485. The van der Waals surface area contributed by atoms with E-state index in [4.69, 9.17) is 9.47 Å². The second kappa shape index (κ2) is 14.9. The number of hydrogen-bond acceptors (Lipinski definition) is 5. The Balaban J connectivity index is 0.000000611. The van der Waals surface area contributed by atoms with E-state index >= 15 is 0 Å². The number of pyridine rings is 1. The molecule has 0 atom stereocenters. The molecule has 2 aromatic carbocycles. The Morgan fingerprint density at radius 1 is 1.02 bits per heavy atom. The van der Waals surface area contributed by atoms with Gasteiger partial charge in [-0.2, -0.15) is 13.2 Å². The van der Waals surface area contributed by atoms with Crippen LogP contribution < -0.4 is 20.1 Å². The minimum atomic E-state index is -4.57. The quantitative estimate of drug-likeness (QED) is 0.288. The molecule has 40 heavy (non-hydrogen) atoms. The Labute approximate surface area is 231 Å². The average molecular weight is 554 g/mol. The lowest BCUT2D eigenvalue weighted by Crippen LogP contribution is -2.18. The summed E-state index contributed by atoms with van der Waals surface area (Å²) >= 11 is 0. The number of methoxy groups -OCH3 is 1. The maximum absolute atomic E-state index is 13.0. The molecule has 0 saturated heterocycles. The summed E-state index contributed by atoms with van der Waals surface area (Å²) in [6.07, 6.45) is 4.64. The molecule has 7 nitrogen and oxygen atoms in total. The number of rotatable bonds is 8. The molecule has 0 spiro atoms. The normalized spacial score (nSPS) is 11.2. The highest BCUT2D eigenvalue weighted by atomic mass is 19.4. The largest absolute Gasteiger partial charge is 0.495 e. The first-order chi connectivity index (χ1) is 19.0. The maximum Gasteiger partial charge on any atom is 0.416 e. The van der Waals surface area contributed by atoms with E-state index in [0.717, 1.165) is 18.2 Å². The van der Waals surface area contributed by atoms with Crippen molar-refractivity contribution in [1.82, 2.24) is 10.3 Å². The smallest absolute Gasteiger partial charge is 0.416 e. The van der Waals surface area contributed by atoms with E-state index in [9.17, 15) is 22.8 Å². The Hall–Kier alpha value is -4.86. The highest BCUT2D eigenvalue weighted by Gasteiger charge is 2.31. The van der Waals surface area contributed by atoms with Crippen LogP contribution in [0.1, 0.15) is 40.3 Å². The van der Waals surface area contributed by atoms with Gasteiger partial charge < -0.3 is 20.1 Å². The van der Waals surface area contributed by atoms with Gasteiger partial charge in [0.05, 0.1) is 18.4 Å². The van der Waals surface area contributed by atoms with Crippen LogP contribution >= 0.6 is 0 Å². The van der Waals surface area contributed by atoms with Crippen LogP contribution in [0.4, 0.5) is 18.9 Å². The number of allylic oxidation sites excluding steroid dienone is 5. The molecule has 3 aromatic rings. The number of benzene rings is 2. The summed E-state index contributed by atoms with van der Waals surface area (Å²) in [4.78, 5) is 28.3. The molecule has 0 fully saturated rings. The van der Waals surface area contributed by atoms with E-state index < -0.39 is 23.6 Å². The fourth-order valence-corrected chi connectivity index (χ4v) is 3.24. The summed E-state index contributed by atoms with van der Waals surface area (Å²) < 4.78 is 49.8. The van der Waals surface area contributed by atoms with Gasteiger partial charge in [0.25, 0.3) is 11.8 Å². The van der Waals surface area contributed by atoms with Crippen LogP contribution in [0.2, 0.25) is 0 Å². The molecule has 1 aromatic heterocycles. The molecular formula is C30H30F3N3O4. The van der Waals surface area contributed by atoms with Crippen molar-refractivity contribution in [3.8, 4) is 17.2 Å². The fraction of sp³-hybridized carbons (Fsp3) is 0.167. The van der Waals surface area contributed by atoms with Crippen molar-refractivity contribution in [3.63, 3.8) is 0 Å². The second-order valence-electron chi connectivity index (χ2n) is 8.10. The summed E-state index contributed by atoms with van der Waals surface area (Å²) in [6, 6.07) is 11.8. The maximum atomic E-state index is 13.0. The van der Waals surface area contributed by atoms with Crippen molar-refractivity contribution in [2.45, 2.75) is 20.0 Å². The summed E-state index contributed by atoms with van der Waals surface area (Å²) in [7, 11) is 2.76. The van der Waals surface area contributed by atoms with E-state index in [1.54, 1.807) is 18.2 Å². The zero-order valence-electron chi connectivity index (χ0n) is 22.5. The minimum absolute atomic E-state index is 0.0808. The predicted octanol–water partition coefficient (Wildman–Crippen LogP) is 7.21. The van der Waals surface area contributed by atoms with Gasteiger partial charge in [0.15, 0.2) is 0 Å². The number of amides is 2. The Kier molecular flexibility index (Phi) is 11.7. The molecule has 0 bridgehead atoms. The monoisotopic (exact) mass is 553 g/mol. The van der Waals surface area contributed by atoms with Crippen LogP contribution in [0.15, 0.2) is 97.3 Å². The van der Waals surface area contributed by atoms with E-state index in [2.05, 4.69) is 22.2 Å². The molecule has 2 amide bonds. The third kappa shape index (κ3) is 9.46. The topological polar surface area (TPSA) is 89.5 Å². The molecule has 1 heterocycles. The first kappa shape index (κ1) is 31.4. The van der Waals surface area contributed by atoms with Gasteiger partial charge in [-0.05, 0) is 56.3 Å². The average Bonchev–Trinajstić information content (AvgIpc) is 2.93. The van der Waals surface area contributed by atoms with Crippen LogP contribution in [-0.2, 0) is 6.18 Å². The van der Waals surface area contributed by atoms with Gasteiger partial charge in [-0.15, -0.1) is 0 Å². The highest BCUT2D eigenvalue weighted by molar-refractivity contribution is 6.05. The van der Waals surface area contributed by atoms with Crippen LogP contribution in [0, 0.1) is 0 Å². The third-order valence-electron chi connectivity index (χ3n) is 5.11. The summed E-state index contributed by atoms with van der Waals surface area (Å²) in [5, 5.41) is 4.88. The van der Waals surface area contributed by atoms with Gasteiger partial charge in [-0.1, -0.05) is 42.5 Å². The highest BCUT2D eigenvalue weighted by Crippen LogP contribution is 2.35. The van der Waals surface area contributed by atoms with Gasteiger partial charge in [-0.3, -0.25) is 14.6 Å². The lowest BCUT2D eigenvalue weighted by Gasteiger charge is -2.14. The van der Waals surface area contributed by atoms with Crippen molar-refractivity contribution in [1.29, 1.82) is 0 Å². The first-order valence-corrected chi connectivity index (χ1v) is 12.0. The van der Waals surface area contributed by atoms with E-state index in [1.165, 1.54) is 50.2 Å². The number of hydrogen-bond donors (Lipinski definition) is 2. The second-order valence-corrected chi connectivity index (χ2v) is 8.10. The van der Waals surface area contributed by atoms with Gasteiger partial charge in [0, 0.05) is 24.9 Å². The first-order valence-electron chi connectivity index (χ1n) is 12.0. The zero-order chi connectivity index (χ0) is 29.7. The number of ether oxygens (including phenoxy) is 2. The molecule has 0 aliphatic heterocycles. The van der Waals surface area contributed by atoms with Crippen LogP contribution in [-0.4, -0.2) is 31.0 Å². The number of anilines is 1. The molecule has 3 rings (SSSR count). The van der Waals surface area contributed by atoms with Crippen molar-refractivity contribution in [2.75, 3.05) is 19.5 Å². The van der Waals surface area contributed by atoms with Crippen LogP contribution in [0.5, 0.6) is 17.2 Å². The third-order valence-corrected chi connectivity index (χ3v) is 5.11. The number of aromatic nitrogens is 1. The molecule has 0 unspecified atom stereocenters. The molecule has 2 N–H and O–H groups in total. The fourth-order valence-electron chi connectivity index (χ4n) is 3.24. The molecule has 0 aliphatic carbocycles. The SMILES string of the molecule is C=C/C=C(C)\C=C/C.CNC(=O)c1cc(Oc2cccc(C(=O)Nc3cc(C(F)(F)F)ccc3OC)c2)ccn1. The molecule has 210 valence electrons. The Morgan fingerprint density at radius 2 is 1.75 bits per heavy atom. The molecule has 0 saturated carbocycles. The number of halogens is 3. The summed E-state index contributed by atoms with van der Waals surface area (Å²) in [6.45, 7) is 7.62. The zero-order valence-corrected chi connectivity index (χ0v) is 22.5. The lowest BCUT2D eigenvalue weighted by molar-refractivity contribution is -0.137. The van der Waals surface area contributed by atoms with Gasteiger partial charge in [0.2, 0.25) is 0 Å². The summed E-state index contributed by atoms with van der Waals surface area (Å²) in [5.74, 6) is -0.372. The van der Waals surface area contributed by atoms with Crippen molar-refractivity contribution in [2.24, 2.45) is 0 Å². The van der Waals surface area contributed by atoms with E-state index in [0.29, 0.717) is 5.75 Å². The number of nitrogens with one attached hydrogen (secondary N) is 2.